The van der Waals surface area contributed by atoms with Crippen molar-refractivity contribution in [3.05, 3.63) is 53.0 Å². The molecule has 6 nitrogen and oxygen atoms in total. The van der Waals surface area contributed by atoms with Crippen LogP contribution < -0.4 is 5.32 Å². The van der Waals surface area contributed by atoms with Gasteiger partial charge in [0.2, 0.25) is 11.1 Å². The second-order valence-electron chi connectivity index (χ2n) is 4.80. The van der Waals surface area contributed by atoms with Crippen molar-refractivity contribution in [1.82, 2.24) is 15.2 Å². The maximum Gasteiger partial charge on any atom is 0.234 e. The molecule has 0 bridgehead atoms. The minimum atomic E-state index is -0.152. The largest absolute Gasteiger partial charge is 0.507 e. The summed E-state index contributed by atoms with van der Waals surface area (Å²) < 4.78 is 0.822. The fraction of sp³-hybridized carbons (Fsp3) is 0.0625. The van der Waals surface area contributed by atoms with Crippen LogP contribution in [-0.2, 0) is 4.79 Å². The van der Waals surface area contributed by atoms with E-state index in [-0.39, 0.29) is 17.4 Å². The van der Waals surface area contributed by atoms with E-state index in [0.29, 0.717) is 22.2 Å². The molecule has 3 aromatic rings. The smallest absolute Gasteiger partial charge is 0.234 e. The Hall–Kier alpha value is -2.32. The maximum atomic E-state index is 12.0. The van der Waals surface area contributed by atoms with Gasteiger partial charge in [-0.1, -0.05) is 36.0 Å². The number of nitrogens with zero attached hydrogens (tertiary/aromatic N) is 2. The summed E-state index contributed by atoms with van der Waals surface area (Å²) in [5, 5.41) is 19.9. The van der Waals surface area contributed by atoms with E-state index in [4.69, 9.17) is 0 Å². The summed E-state index contributed by atoms with van der Waals surface area (Å²) in [7, 11) is 0. The van der Waals surface area contributed by atoms with E-state index in [0.717, 1.165) is 4.47 Å². The molecule has 1 aromatic heterocycles. The highest BCUT2D eigenvalue weighted by Crippen LogP contribution is 2.27. The zero-order chi connectivity index (χ0) is 16.9. The number of thioether (sulfide) groups is 1. The molecule has 2 aromatic carbocycles. The van der Waals surface area contributed by atoms with Crippen molar-refractivity contribution >= 4 is 39.3 Å². The van der Waals surface area contributed by atoms with Crippen LogP contribution in [0.4, 0.5) is 5.69 Å². The van der Waals surface area contributed by atoms with Crippen LogP contribution in [0.15, 0.2) is 58.2 Å². The van der Waals surface area contributed by atoms with Crippen LogP contribution in [0.2, 0.25) is 0 Å². The van der Waals surface area contributed by atoms with Gasteiger partial charge < -0.3 is 10.4 Å². The van der Waals surface area contributed by atoms with E-state index in [1.165, 1.54) is 11.8 Å². The summed E-state index contributed by atoms with van der Waals surface area (Å²) in [6.07, 6.45) is 0. The number of anilines is 1. The number of hydrogen-bond acceptors (Lipinski definition) is 5. The van der Waals surface area contributed by atoms with Gasteiger partial charge in [-0.2, -0.15) is 0 Å². The first-order valence-electron chi connectivity index (χ1n) is 7.01. The van der Waals surface area contributed by atoms with Crippen LogP contribution in [0.3, 0.4) is 0 Å². The van der Waals surface area contributed by atoms with Gasteiger partial charge in [-0.05, 0) is 40.2 Å². The fourth-order valence-electron chi connectivity index (χ4n) is 1.98. The molecule has 0 saturated heterocycles. The zero-order valence-electron chi connectivity index (χ0n) is 12.4. The van der Waals surface area contributed by atoms with Crippen LogP contribution in [0.5, 0.6) is 5.75 Å². The van der Waals surface area contributed by atoms with Crippen molar-refractivity contribution in [1.29, 1.82) is 0 Å². The molecule has 0 unspecified atom stereocenters. The van der Waals surface area contributed by atoms with Crippen molar-refractivity contribution in [3.63, 3.8) is 0 Å². The second kappa shape index (κ2) is 7.50. The molecule has 3 rings (SSSR count). The Kier molecular flexibility index (Phi) is 5.17. The first-order chi connectivity index (χ1) is 11.6. The quantitative estimate of drug-likeness (QED) is 0.564. The van der Waals surface area contributed by atoms with Crippen LogP contribution in [-0.4, -0.2) is 31.9 Å². The molecule has 0 aliphatic heterocycles. The first kappa shape index (κ1) is 16.5. The van der Waals surface area contributed by atoms with Crippen molar-refractivity contribution in [2.75, 3.05) is 11.1 Å². The summed E-state index contributed by atoms with van der Waals surface area (Å²) in [5.41, 5.74) is 1.28. The predicted molar refractivity (Wildman–Crippen MR) is 97.0 cm³/mol. The third-order valence-electron chi connectivity index (χ3n) is 3.10. The van der Waals surface area contributed by atoms with E-state index >= 15 is 0 Å². The summed E-state index contributed by atoms with van der Waals surface area (Å²) in [6, 6.07) is 14.3. The average Bonchev–Trinajstić information content (AvgIpc) is 3.04. The molecular weight excluding hydrogens is 392 g/mol. The lowest BCUT2D eigenvalue weighted by molar-refractivity contribution is -0.113. The Morgan fingerprint density at radius 3 is 2.75 bits per heavy atom. The van der Waals surface area contributed by atoms with E-state index in [1.54, 1.807) is 24.3 Å². The Labute approximate surface area is 150 Å². The molecule has 0 radical (unpaired) electrons. The van der Waals surface area contributed by atoms with Crippen molar-refractivity contribution in [2.45, 2.75) is 5.16 Å². The number of benzene rings is 2. The molecule has 0 aliphatic carbocycles. The van der Waals surface area contributed by atoms with Crippen molar-refractivity contribution < 1.29 is 9.90 Å². The molecule has 0 spiro atoms. The Bertz CT molecular complexity index is 869. The number of aromatic nitrogens is 3. The fourth-order valence-corrected chi connectivity index (χ4v) is 2.97. The van der Waals surface area contributed by atoms with Crippen LogP contribution in [0.25, 0.3) is 11.4 Å². The normalized spacial score (nSPS) is 10.5. The van der Waals surface area contributed by atoms with Crippen LogP contribution >= 0.6 is 27.7 Å². The molecule has 122 valence electrons. The number of nitrogens with one attached hydrogen (secondary N) is 2. The number of H-pyrrole nitrogens is 1. The van der Waals surface area contributed by atoms with Gasteiger partial charge in [0.1, 0.15) is 5.75 Å². The lowest BCUT2D eigenvalue weighted by Crippen LogP contribution is -2.14. The molecule has 0 aliphatic rings. The predicted octanol–water partition coefficient (Wildman–Crippen LogP) is 3.67. The highest BCUT2D eigenvalue weighted by Gasteiger charge is 2.12. The molecule has 3 N–H and O–H groups in total. The van der Waals surface area contributed by atoms with Gasteiger partial charge in [-0.25, -0.2) is 4.98 Å². The summed E-state index contributed by atoms with van der Waals surface area (Å²) in [4.78, 5) is 16.3. The lowest BCUT2D eigenvalue weighted by atomic mass is 10.2. The average molecular weight is 405 g/mol. The lowest BCUT2D eigenvalue weighted by Gasteiger charge is -2.05. The molecular formula is C16H13BrN4O2S. The Morgan fingerprint density at radius 1 is 1.21 bits per heavy atom. The Balaban J connectivity index is 1.61. The summed E-state index contributed by atoms with van der Waals surface area (Å²) in [6.45, 7) is 0. The number of amides is 1. The minimum absolute atomic E-state index is 0.122. The number of aromatic hydroxyl groups is 1. The van der Waals surface area contributed by atoms with Crippen molar-refractivity contribution in [3.8, 4) is 17.1 Å². The number of carbonyl (C=O) groups is 1. The molecule has 0 atom stereocenters. The van der Waals surface area contributed by atoms with E-state index in [9.17, 15) is 9.90 Å². The van der Waals surface area contributed by atoms with Gasteiger partial charge in [0.15, 0.2) is 5.82 Å². The topological polar surface area (TPSA) is 90.9 Å². The van der Waals surface area contributed by atoms with Gasteiger partial charge in [0, 0.05) is 4.47 Å². The van der Waals surface area contributed by atoms with E-state index in [2.05, 4.69) is 36.4 Å². The highest BCUT2D eigenvalue weighted by molar-refractivity contribution is 9.10. The number of aromatic amines is 1. The van der Waals surface area contributed by atoms with Crippen LogP contribution in [0, 0.1) is 0 Å². The number of phenolic OH excluding ortho intramolecular Hbond substituents is 1. The number of carbonyl (C=O) groups excluding carboxylic acids is 1. The van der Waals surface area contributed by atoms with Gasteiger partial charge >= 0.3 is 0 Å². The third kappa shape index (κ3) is 3.95. The molecule has 0 fully saturated rings. The van der Waals surface area contributed by atoms with Crippen molar-refractivity contribution in [2.24, 2.45) is 0 Å². The maximum absolute atomic E-state index is 12.0. The standard InChI is InChI=1S/C16H13BrN4O2S/c17-11-6-2-3-7-12(11)18-14(23)9-24-16-19-15(20-21-16)10-5-1-4-8-13(10)22/h1-8,22H,9H2,(H,18,23)(H,19,20,21). The van der Waals surface area contributed by atoms with Gasteiger partial charge in [0.25, 0.3) is 0 Å². The SMILES string of the molecule is O=C(CSc1n[nH]c(-c2ccccc2O)n1)Nc1ccccc1Br. The number of hydrogen-bond donors (Lipinski definition) is 3. The second-order valence-corrected chi connectivity index (χ2v) is 6.60. The minimum Gasteiger partial charge on any atom is -0.507 e. The number of halogens is 1. The monoisotopic (exact) mass is 404 g/mol. The van der Waals surface area contributed by atoms with Gasteiger partial charge in [0.05, 0.1) is 17.0 Å². The molecule has 0 saturated carbocycles. The van der Waals surface area contributed by atoms with E-state index < -0.39 is 0 Å². The molecule has 8 heteroatoms. The molecule has 24 heavy (non-hydrogen) atoms. The third-order valence-corrected chi connectivity index (χ3v) is 4.64. The molecule has 1 heterocycles. The van der Waals surface area contributed by atoms with Gasteiger partial charge in [-0.3, -0.25) is 9.89 Å². The number of para-hydroxylation sites is 2. The number of phenols is 1. The zero-order valence-corrected chi connectivity index (χ0v) is 14.8. The summed E-state index contributed by atoms with van der Waals surface area (Å²) in [5.74, 6) is 0.610. The number of rotatable bonds is 5. The van der Waals surface area contributed by atoms with Crippen LogP contribution in [0.1, 0.15) is 0 Å². The molecule has 1 amide bonds. The highest BCUT2D eigenvalue weighted by atomic mass is 79.9. The van der Waals surface area contributed by atoms with E-state index in [1.807, 2.05) is 24.3 Å². The Morgan fingerprint density at radius 2 is 1.96 bits per heavy atom. The first-order valence-corrected chi connectivity index (χ1v) is 8.79. The summed E-state index contributed by atoms with van der Waals surface area (Å²) >= 11 is 4.59. The van der Waals surface area contributed by atoms with Gasteiger partial charge in [-0.15, -0.1) is 5.10 Å².